The highest BCUT2D eigenvalue weighted by atomic mass is 32.2. The van der Waals surface area contributed by atoms with Gasteiger partial charge in [0.1, 0.15) is 0 Å². The first-order valence-electron chi connectivity index (χ1n) is 4.82. The predicted octanol–water partition coefficient (Wildman–Crippen LogP) is 0.389. The zero-order chi connectivity index (χ0) is 11.9. The number of esters is 1. The van der Waals surface area contributed by atoms with E-state index < -0.39 is 21.1 Å². The maximum atomic E-state index is 11.6. The standard InChI is InChI=1S/C9H18O5S/c1-4-14-9(10)8(2)15(11,12)7-5-6-13-3/h8H,4-7H2,1-3H3. The van der Waals surface area contributed by atoms with Crippen LogP contribution in [0, 0.1) is 0 Å². The summed E-state index contributed by atoms with van der Waals surface area (Å²) in [6.45, 7) is 3.55. The van der Waals surface area contributed by atoms with Gasteiger partial charge < -0.3 is 9.47 Å². The van der Waals surface area contributed by atoms with E-state index in [0.29, 0.717) is 13.0 Å². The van der Waals surface area contributed by atoms with Gasteiger partial charge in [-0.1, -0.05) is 0 Å². The van der Waals surface area contributed by atoms with Gasteiger partial charge in [-0.15, -0.1) is 0 Å². The molecule has 0 radical (unpaired) electrons. The van der Waals surface area contributed by atoms with E-state index in [0.717, 1.165) is 0 Å². The largest absolute Gasteiger partial charge is 0.465 e. The van der Waals surface area contributed by atoms with Crippen LogP contribution in [0.15, 0.2) is 0 Å². The summed E-state index contributed by atoms with van der Waals surface area (Å²) in [7, 11) is -1.91. The molecule has 0 saturated heterocycles. The first-order valence-corrected chi connectivity index (χ1v) is 6.54. The predicted molar refractivity (Wildman–Crippen MR) is 56.4 cm³/mol. The molecule has 0 N–H and O–H groups in total. The Kier molecular flexibility index (Phi) is 6.51. The van der Waals surface area contributed by atoms with Gasteiger partial charge in [0.15, 0.2) is 15.1 Å². The van der Waals surface area contributed by atoms with Crippen molar-refractivity contribution < 1.29 is 22.7 Å². The fourth-order valence-electron chi connectivity index (χ4n) is 0.987. The summed E-state index contributed by atoms with van der Waals surface area (Å²) in [5.41, 5.74) is 0. The third-order valence-electron chi connectivity index (χ3n) is 1.93. The molecule has 0 aliphatic heterocycles. The Balaban J connectivity index is 4.26. The third-order valence-corrected chi connectivity index (χ3v) is 4.06. The van der Waals surface area contributed by atoms with E-state index in [2.05, 4.69) is 4.74 Å². The number of ether oxygens (including phenoxy) is 2. The first kappa shape index (κ1) is 14.4. The lowest BCUT2D eigenvalue weighted by molar-refractivity contribution is -0.142. The fourth-order valence-corrected chi connectivity index (χ4v) is 2.22. The maximum absolute atomic E-state index is 11.6. The van der Waals surface area contributed by atoms with E-state index in [9.17, 15) is 13.2 Å². The number of methoxy groups -OCH3 is 1. The van der Waals surface area contributed by atoms with Crippen LogP contribution in [0.1, 0.15) is 20.3 Å². The van der Waals surface area contributed by atoms with Gasteiger partial charge in [0.2, 0.25) is 0 Å². The molecule has 0 saturated carbocycles. The molecule has 0 aromatic carbocycles. The number of hydrogen-bond donors (Lipinski definition) is 0. The second-order valence-electron chi connectivity index (χ2n) is 3.11. The molecule has 0 heterocycles. The van der Waals surface area contributed by atoms with Gasteiger partial charge in [-0.05, 0) is 20.3 Å². The van der Waals surface area contributed by atoms with Crippen molar-refractivity contribution in [3.8, 4) is 0 Å². The van der Waals surface area contributed by atoms with Crippen LogP contribution in [0.3, 0.4) is 0 Å². The molecule has 0 aliphatic rings. The van der Waals surface area contributed by atoms with Crippen molar-refractivity contribution in [3.05, 3.63) is 0 Å². The Morgan fingerprint density at radius 3 is 2.47 bits per heavy atom. The third kappa shape index (κ3) is 5.13. The van der Waals surface area contributed by atoms with Crippen molar-refractivity contribution in [1.29, 1.82) is 0 Å². The molecule has 0 amide bonds. The number of hydrogen-bond acceptors (Lipinski definition) is 5. The number of rotatable bonds is 7. The van der Waals surface area contributed by atoms with E-state index in [1.807, 2.05) is 0 Å². The van der Waals surface area contributed by atoms with Crippen LogP contribution < -0.4 is 0 Å². The zero-order valence-corrected chi connectivity index (χ0v) is 10.2. The molecular formula is C9H18O5S. The molecule has 0 bridgehead atoms. The highest BCUT2D eigenvalue weighted by molar-refractivity contribution is 7.92. The zero-order valence-electron chi connectivity index (χ0n) is 9.36. The Morgan fingerprint density at radius 1 is 1.40 bits per heavy atom. The fraction of sp³-hybridized carbons (Fsp3) is 0.889. The topological polar surface area (TPSA) is 69.7 Å². The van der Waals surface area contributed by atoms with E-state index in [1.54, 1.807) is 6.92 Å². The van der Waals surface area contributed by atoms with E-state index in [4.69, 9.17) is 4.74 Å². The summed E-state index contributed by atoms with van der Waals surface area (Å²) >= 11 is 0. The molecule has 0 aromatic heterocycles. The van der Waals surface area contributed by atoms with E-state index in [1.165, 1.54) is 14.0 Å². The van der Waals surface area contributed by atoms with Crippen molar-refractivity contribution in [3.63, 3.8) is 0 Å². The summed E-state index contributed by atoms with van der Waals surface area (Å²) in [6.07, 6.45) is 0.391. The number of carbonyl (C=O) groups excluding carboxylic acids is 1. The van der Waals surface area contributed by atoms with E-state index in [-0.39, 0.29) is 12.4 Å². The van der Waals surface area contributed by atoms with Crippen LogP contribution in [-0.4, -0.2) is 45.7 Å². The molecule has 6 heteroatoms. The molecule has 0 rings (SSSR count). The molecule has 90 valence electrons. The lowest BCUT2D eigenvalue weighted by atomic mass is 10.5. The second kappa shape index (κ2) is 6.79. The molecule has 1 unspecified atom stereocenters. The summed E-state index contributed by atoms with van der Waals surface area (Å²) in [6, 6.07) is 0. The molecule has 15 heavy (non-hydrogen) atoms. The molecule has 0 spiro atoms. The van der Waals surface area contributed by atoms with Gasteiger partial charge in [-0.2, -0.15) is 0 Å². The number of sulfone groups is 1. The number of carbonyl (C=O) groups is 1. The highest BCUT2D eigenvalue weighted by Crippen LogP contribution is 2.06. The van der Waals surface area contributed by atoms with Gasteiger partial charge in [0.25, 0.3) is 0 Å². The van der Waals surface area contributed by atoms with E-state index >= 15 is 0 Å². The van der Waals surface area contributed by atoms with Crippen molar-refractivity contribution >= 4 is 15.8 Å². The normalized spacial score (nSPS) is 13.5. The SMILES string of the molecule is CCOC(=O)C(C)S(=O)(=O)CCCOC. The summed E-state index contributed by atoms with van der Waals surface area (Å²) in [4.78, 5) is 11.2. The minimum Gasteiger partial charge on any atom is -0.465 e. The molecule has 0 aliphatic carbocycles. The average molecular weight is 238 g/mol. The smallest absolute Gasteiger partial charge is 0.324 e. The van der Waals surface area contributed by atoms with Gasteiger partial charge in [-0.3, -0.25) is 4.79 Å². The van der Waals surface area contributed by atoms with Crippen LogP contribution in [0.25, 0.3) is 0 Å². The van der Waals surface area contributed by atoms with Crippen molar-refractivity contribution in [2.24, 2.45) is 0 Å². The van der Waals surface area contributed by atoms with Crippen LogP contribution in [-0.2, 0) is 24.1 Å². The minimum absolute atomic E-state index is 0.0547. The summed E-state index contributed by atoms with van der Waals surface area (Å²) < 4.78 is 32.5. The van der Waals surface area contributed by atoms with Crippen LogP contribution in [0.4, 0.5) is 0 Å². The summed E-state index contributed by atoms with van der Waals surface area (Å²) in [5, 5.41) is -1.09. The molecule has 1 atom stereocenters. The lowest BCUT2D eigenvalue weighted by Crippen LogP contribution is -2.31. The van der Waals surface area contributed by atoms with Gasteiger partial charge in [0, 0.05) is 13.7 Å². The van der Waals surface area contributed by atoms with Crippen molar-refractivity contribution in [2.75, 3.05) is 26.1 Å². The Hall–Kier alpha value is -0.620. The summed E-state index contributed by atoms with van der Waals surface area (Å²) in [5.74, 6) is -0.740. The van der Waals surface area contributed by atoms with Crippen LogP contribution in [0.2, 0.25) is 0 Å². The van der Waals surface area contributed by atoms with Crippen molar-refractivity contribution in [1.82, 2.24) is 0 Å². The van der Waals surface area contributed by atoms with Gasteiger partial charge in [-0.25, -0.2) is 8.42 Å². The minimum atomic E-state index is -3.41. The Bertz CT molecular complexity index is 283. The first-order chi connectivity index (χ1) is 6.95. The molecule has 0 fully saturated rings. The Morgan fingerprint density at radius 2 is 2.00 bits per heavy atom. The van der Waals surface area contributed by atoms with Crippen LogP contribution in [0.5, 0.6) is 0 Å². The van der Waals surface area contributed by atoms with Gasteiger partial charge in [0.05, 0.1) is 12.4 Å². The monoisotopic (exact) mass is 238 g/mol. The molecular weight excluding hydrogens is 220 g/mol. The van der Waals surface area contributed by atoms with Gasteiger partial charge >= 0.3 is 5.97 Å². The second-order valence-corrected chi connectivity index (χ2v) is 5.55. The molecule has 5 nitrogen and oxygen atoms in total. The van der Waals surface area contributed by atoms with Crippen molar-refractivity contribution in [2.45, 2.75) is 25.5 Å². The quantitative estimate of drug-likeness (QED) is 0.474. The maximum Gasteiger partial charge on any atom is 0.324 e. The highest BCUT2D eigenvalue weighted by Gasteiger charge is 2.28. The molecule has 0 aromatic rings. The Labute approximate surface area is 90.7 Å². The average Bonchev–Trinajstić information content (AvgIpc) is 2.17. The van der Waals surface area contributed by atoms with Crippen LogP contribution >= 0.6 is 0 Å². The lowest BCUT2D eigenvalue weighted by Gasteiger charge is -2.11.